The molecule has 0 aliphatic heterocycles. The van der Waals surface area contributed by atoms with Crippen LogP contribution in [0, 0.1) is 0 Å². The number of oxime groups is 1. The molecule has 1 aromatic carbocycles. The molecular formula is C19H20N4O. The van der Waals surface area contributed by atoms with Gasteiger partial charge in [0.25, 0.3) is 0 Å². The van der Waals surface area contributed by atoms with Crippen molar-refractivity contribution in [1.82, 2.24) is 9.97 Å². The zero-order valence-corrected chi connectivity index (χ0v) is 13.4. The molecule has 122 valence electrons. The molecule has 5 nitrogen and oxygen atoms in total. The van der Waals surface area contributed by atoms with Gasteiger partial charge in [-0.05, 0) is 43.5 Å². The number of pyridine rings is 2. The number of rotatable bonds is 7. The summed E-state index contributed by atoms with van der Waals surface area (Å²) in [5.41, 5.74) is 3.83. The minimum Gasteiger partial charge on any atom is -0.411 e. The predicted molar refractivity (Wildman–Crippen MR) is 96.8 cm³/mol. The van der Waals surface area contributed by atoms with E-state index in [1.165, 1.54) is 6.21 Å². The van der Waals surface area contributed by atoms with Crippen LogP contribution in [0.5, 0.6) is 0 Å². The van der Waals surface area contributed by atoms with Gasteiger partial charge in [-0.15, -0.1) is 0 Å². The Morgan fingerprint density at radius 3 is 2.88 bits per heavy atom. The highest BCUT2D eigenvalue weighted by atomic mass is 16.4. The number of anilines is 1. The summed E-state index contributed by atoms with van der Waals surface area (Å²) in [6, 6.07) is 15.9. The fraction of sp³-hybridized carbons (Fsp3) is 0.211. The first-order valence-electron chi connectivity index (χ1n) is 8.08. The summed E-state index contributed by atoms with van der Waals surface area (Å²) in [5, 5.41) is 16.2. The second-order valence-electron chi connectivity index (χ2n) is 5.56. The van der Waals surface area contributed by atoms with Crippen molar-refractivity contribution < 1.29 is 5.21 Å². The number of unbranched alkanes of at least 4 members (excludes halogenated alkanes) is 1. The van der Waals surface area contributed by atoms with Crippen LogP contribution in [0.25, 0.3) is 10.9 Å². The van der Waals surface area contributed by atoms with E-state index >= 15 is 0 Å². The van der Waals surface area contributed by atoms with Crippen molar-refractivity contribution in [2.24, 2.45) is 5.16 Å². The summed E-state index contributed by atoms with van der Waals surface area (Å²) in [7, 11) is 0. The van der Waals surface area contributed by atoms with Gasteiger partial charge in [0, 0.05) is 29.5 Å². The number of benzene rings is 1. The van der Waals surface area contributed by atoms with Crippen molar-refractivity contribution in [2.45, 2.75) is 19.3 Å². The molecule has 0 fully saturated rings. The lowest BCUT2D eigenvalue weighted by Crippen LogP contribution is -2.03. The van der Waals surface area contributed by atoms with Gasteiger partial charge in [-0.3, -0.25) is 9.97 Å². The largest absolute Gasteiger partial charge is 0.411 e. The average molecular weight is 320 g/mol. The van der Waals surface area contributed by atoms with Gasteiger partial charge < -0.3 is 10.5 Å². The van der Waals surface area contributed by atoms with Gasteiger partial charge in [-0.1, -0.05) is 29.4 Å². The number of aryl methyl sites for hydroxylation is 1. The van der Waals surface area contributed by atoms with Crippen LogP contribution in [-0.4, -0.2) is 27.9 Å². The Morgan fingerprint density at radius 2 is 1.96 bits per heavy atom. The van der Waals surface area contributed by atoms with Crippen molar-refractivity contribution in [3.8, 4) is 0 Å². The lowest BCUT2D eigenvalue weighted by molar-refractivity contribution is 0.321. The third kappa shape index (κ3) is 4.07. The summed E-state index contributed by atoms with van der Waals surface area (Å²) in [4.78, 5) is 8.79. The Balaban J connectivity index is 1.49. The van der Waals surface area contributed by atoms with E-state index in [2.05, 4.69) is 26.5 Å². The highest BCUT2D eigenvalue weighted by molar-refractivity contribution is 5.90. The molecule has 24 heavy (non-hydrogen) atoms. The van der Waals surface area contributed by atoms with E-state index in [1.807, 2.05) is 48.7 Å². The van der Waals surface area contributed by atoms with Gasteiger partial charge >= 0.3 is 0 Å². The molecule has 3 rings (SSSR count). The zero-order chi connectivity index (χ0) is 16.6. The molecule has 0 unspecified atom stereocenters. The summed E-state index contributed by atoms with van der Waals surface area (Å²) in [6.07, 6.45) is 6.19. The summed E-state index contributed by atoms with van der Waals surface area (Å²) < 4.78 is 0. The summed E-state index contributed by atoms with van der Waals surface area (Å²) in [5.74, 6) is 0. The number of aromatic nitrogens is 2. The second-order valence-corrected chi connectivity index (χ2v) is 5.56. The maximum Gasteiger partial charge on any atom is 0.0918 e. The Hall–Kier alpha value is -2.95. The number of fused-ring (bicyclic) bond motifs is 1. The Labute approximate surface area is 141 Å². The topological polar surface area (TPSA) is 70.4 Å². The molecule has 2 N–H and O–H groups in total. The van der Waals surface area contributed by atoms with Crippen LogP contribution in [0.3, 0.4) is 0 Å². The number of hydrogen-bond acceptors (Lipinski definition) is 5. The van der Waals surface area contributed by atoms with Crippen molar-refractivity contribution in [2.75, 3.05) is 11.9 Å². The van der Waals surface area contributed by atoms with Crippen LogP contribution in [-0.2, 0) is 6.42 Å². The van der Waals surface area contributed by atoms with E-state index in [0.717, 1.165) is 48.1 Å². The summed E-state index contributed by atoms with van der Waals surface area (Å²) >= 11 is 0. The molecule has 3 aromatic rings. The molecule has 0 radical (unpaired) electrons. The van der Waals surface area contributed by atoms with Crippen LogP contribution >= 0.6 is 0 Å². The lowest BCUT2D eigenvalue weighted by Gasteiger charge is -2.09. The minimum atomic E-state index is 0.677. The third-order valence-electron chi connectivity index (χ3n) is 3.84. The maximum absolute atomic E-state index is 8.56. The van der Waals surface area contributed by atoms with E-state index in [0.29, 0.717) is 5.69 Å². The quantitative estimate of drug-likeness (QED) is 0.300. The molecular weight excluding hydrogens is 300 g/mol. The molecule has 0 atom stereocenters. The van der Waals surface area contributed by atoms with Crippen molar-refractivity contribution >= 4 is 22.8 Å². The van der Waals surface area contributed by atoms with Gasteiger partial charge in [0.1, 0.15) is 0 Å². The van der Waals surface area contributed by atoms with E-state index in [-0.39, 0.29) is 0 Å². The molecule has 0 saturated carbocycles. The monoisotopic (exact) mass is 320 g/mol. The zero-order valence-electron chi connectivity index (χ0n) is 13.4. The number of nitrogens with one attached hydrogen (secondary N) is 1. The fourth-order valence-corrected chi connectivity index (χ4v) is 2.67. The molecule has 2 aromatic heterocycles. The first-order chi connectivity index (χ1) is 11.9. The number of hydrogen-bond donors (Lipinski definition) is 2. The highest BCUT2D eigenvalue weighted by Gasteiger charge is 2.01. The lowest BCUT2D eigenvalue weighted by atomic mass is 10.1. The molecule has 0 spiro atoms. The van der Waals surface area contributed by atoms with Crippen LogP contribution < -0.4 is 5.32 Å². The first-order valence-corrected chi connectivity index (χ1v) is 8.08. The van der Waals surface area contributed by atoms with E-state index < -0.39 is 0 Å². The van der Waals surface area contributed by atoms with Crippen molar-refractivity contribution in [3.05, 3.63) is 66.1 Å². The smallest absolute Gasteiger partial charge is 0.0918 e. The fourth-order valence-electron chi connectivity index (χ4n) is 2.67. The molecule has 0 amide bonds. The standard InChI is InChI=1S/C19H20N4O/c24-22-14-16-8-5-7-15(23-16)6-3-4-12-20-19-11-13-21-18-10-2-1-9-17(18)19/h1-2,5,7-11,13-14,24H,3-4,6,12H2,(H,20,21)/b22-14+. The van der Waals surface area contributed by atoms with Gasteiger partial charge in [0.2, 0.25) is 0 Å². The Kier molecular flexibility index (Phi) is 5.35. The minimum absolute atomic E-state index is 0.677. The van der Waals surface area contributed by atoms with Crippen LogP contribution in [0.1, 0.15) is 24.2 Å². The first kappa shape index (κ1) is 15.9. The van der Waals surface area contributed by atoms with Gasteiger partial charge in [0.05, 0.1) is 17.4 Å². The predicted octanol–water partition coefficient (Wildman–Crippen LogP) is 3.87. The Bertz CT molecular complexity index is 827. The van der Waals surface area contributed by atoms with Gasteiger partial charge in [-0.2, -0.15) is 0 Å². The third-order valence-corrected chi connectivity index (χ3v) is 3.84. The van der Waals surface area contributed by atoms with Gasteiger partial charge in [-0.25, -0.2) is 0 Å². The summed E-state index contributed by atoms with van der Waals surface area (Å²) in [6.45, 7) is 0.909. The van der Waals surface area contributed by atoms with Crippen molar-refractivity contribution in [3.63, 3.8) is 0 Å². The van der Waals surface area contributed by atoms with E-state index in [1.54, 1.807) is 0 Å². The highest BCUT2D eigenvalue weighted by Crippen LogP contribution is 2.20. The molecule has 5 heteroatoms. The van der Waals surface area contributed by atoms with Gasteiger partial charge in [0.15, 0.2) is 0 Å². The second kappa shape index (κ2) is 8.06. The van der Waals surface area contributed by atoms with E-state index in [9.17, 15) is 0 Å². The van der Waals surface area contributed by atoms with E-state index in [4.69, 9.17) is 5.21 Å². The molecule has 0 aliphatic rings. The normalized spacial score (nSPS) is 11.2. The average Bonchev–Trinajstić information content (AvgIpc) is 2.62. The van der Waals surface area contributed by atoms with Crippen molar-refractivity contribution in [1.29, 1.82) is 0 Å². The molecule has 0 aliphatic carbocycles. The number of para-hydroxylation sites is 1. The Morgan fingerprint density at radius 1 is 1.04 bits per heavy atom. The van der Waals surface area contributed by atoms with Crippen LogP contribution in [0.2, 0.25) is 0 Å². The maximum atomic E-state index is 8.56. The molecule has 2 heterocycles. The van der Waals surface area contributed by atoms with Crippen LogP contribution in [0.15, 0.2) is 59.9 Å². The van der Waals surface area contributed by atoms with Crippen LogP contribution in [0.4, 0.5) is 5.69 Å². The SMILES string of the molecule is O/N=C/c1cccc(CCCCNc2ccnc3ccccc23)n1. The number of nitrogens with zero attached hydrogens (tertiary/aromatic N) is 3. The molecule has 0 bridgehead atoms. The molecule has 0 saturated heterocycles.